The van der Waals surface area contributed by atoms with E-state index >= 15 is 0 Å². The largest absolute Gasteiger partial charge is 0.339 e. The summed E-state index contributed by atoms with van der Waals surface area (Å²) in [5, 5.41) is 0. The lowest BCUT2D eigenvalue weighted by Crippen LogP contribution is -2.39. The van der Waals surface area contributed by atoms with Crippen LogP contribution in [-0.2, 0) is 8.98 Å². The Balaban J connectivity index is 0.000000921. The summed E-state index contributed by atoms with van der Waals surface area (Å²) in [6.07, 6.45) is 3.52. The van der Waals surface area contributed by atoms with E-state index in [-0.39, 0.29) is 5.91 Å². The van der Waals surface area contributed by atoms with Crippen molar-refractivity contribution >= 4 is 36.3 Å². The molecule has 0 bridgehead atoms. The fraction of sp³-hybridized carbons (Fsp3) is 0.700. The summed E-state index contributed by atoms with van der Waals surface area (Å²) in [6, 6.07) is 0. The monoisotopic (exact) mass is 343 g/mol. The van der Waals surface area contributed by atoms with Crippen LogP contribution in [0.25, 0.3) is 0 Å². The van der Waals surface area contributed by atoms with Gasteiger partial charge < -0.3 is 9.08 Å². The van der Waals surface area contributed by atoms with E-state index in [2.05, 4.69) is 27.8 Å². The molecule has 88 valence electrons. The van der Waals surface area contributed by atoms with Crippen LogP contribution in [0.15, 0.2) is 12.7 Å². The summed E-state index contributed by atoms with van der Waals surface area (Å²) >= 11 is 2.11. The van der Waals surface area contributed by atoms with E-state index in [4.69, 9.17) is 4.18 Å². The molecular weight excluding hydrogens is 325 g/mol. The van der Waals surface area contributed by atoms with Crippen LogP contribution < -0.4 is 0 Å². The van der Waals surface area contributed by atoms with Crippen molar-refractivity contribution in [2.45, 2.75) is 32.8 Å². The Morgan fingerprint density at radius 1 is 1.53 bits per heavy atom. The van der Waals surface area contributed by atoms with Gasteiger partial charge in [-0.1, -0.05) is 20.4 Å². The first-order valence-electron chi connectivity index (χ1n) is 5.13. The van der Waals surface area contributed by atoms with Crippen LogP contribution in [0.5, 0.6) is 0 Å². The van der Waals surface area contributed by atoms with E-state index in [1.165, 1.54) is 15.3 Å². The van der Waals surface area contributed by atoms with Crippen molar-refractivity contribution in [1.29, 1.82) is 0 Å². The molecule has 0 spiro atoms. The molecule has 0 unspecified atom stereocenters. The molecule has 0 aromatic rings. The second-order valence-electron chi connectivity index (χ2n) is 2.89. The third-order valence-electron chi connectivity index (χ3n) is 2.10. The number of rotatable bonds is 3. The number of carbonyl (C=O) groups is 1. The number of hydrogen-bond donors (Lipinski definition) is 0. The molecule has 1 heterocycles. The van der Waals surface area contributed by atoms with Crippen molar-refractivity contribution in [2.75, 3.05) is 13.1 Å². The van der Waals surface area contributed by atoms with Gasteiger partial charge in [-0.25, -0.2) is 0 Å². The third-order valence-corrected chi connectivity index (χ3v) is 3.07. The molecule has 1 amide bonds. The third kappa shape index (κ3) is 5.77. The fourth-order valence-electron chi connectivity index (χ4n) is 1.35. The SMILES string of the molecule is C=CC(=O)N1CCC(OSI)CC1.CC. The molecule has 5 heteroatoms. The molecular formula is C10H18INO2S. The van der Waals surface area contributed by atoms with Gasteiger partial charge in [-0.05, 0) is 18.9 Å². The van der Waals surface area contributed by atoms with Crippen molar-refractivity contribution in [1.82, 2.24) is 4.90 Å². The second-order valence-corrected chi connectivity index (χ2v) is 4.29. The van der Waals surface area contributed by atoms with Crippen molar-refractivity contribution in [3.05, 3.63) is 12.7 Å². The first-order chi connectivity index (χ1) is 7.27. The molecule has 0 atom stereocenters. The summed E-state index contributed by atoms with van der Waals surface area (Å²) in [7, 11) is 1.37. The molecule has 0 N–H and O–H groups in total. The van der Waals surface area contributed by atoms with Crippen LogP contribution >= 0.6 is 30.4 Å². The molecule has 15 heavy (non-hydrogen) atoms. The molecule has 1 fully saturated rings. The molecule has 0 radical (unpaired) electrons. The van der Waals surface area contributed by atoms with E-state index in [9.17, 15) is 4.79 Å². The predicted octanol–water partition coefficient (Wildman–Crippen LogP) is 3.20. The van der Waals surface area contributed by atoms with Crippen LogP contribution in [0.1, 0.15) is 26.7 Å². The van der Waals surface area contributed by atoms with Gasteiger partial charge in [0, 0.05) is 34.3 Å². The van der Waals surface area contributed by atoms with Gasteiger partial charge in [0.15, 0.2) is 0 Å². The highest BCUT2D eigenvalue weighted by atomic mass is 127. The molecule has 1 aliphatic rings. The predicted molar refractivity (Wildman–Crippen MR) is 73.8 cm³/mol. The topological polar surface area (TPSA) is 29.5 Å². The van der Waals surface area contributed by atoms with E-state index in [0.29, 0.717) is 6.10 Å². The van der Waals surface area contributed by atoms with Crippen molar-refractivity contribution < 1.29 is 8.98 Å². The highest BCUT2D eigenvalue weighted by Crippen LogP contribution is 2.22. The first-order valence-corrected chi connectivity index (χ1v) is 8.41. The normalized spacial score (nSPS) is 16.6. The zero-order valence-electron chi connectivity index (χ0n) is 9.24. The second kappa shape index (κ2) is 9.47. The minimum atomic E-state index is 0.0283. The van der Waals surface area contributed by atoms with Crippen LogP contribution in [-0.4, -0.2) is 30.0 Å². The Hall–Kier alpha value is 0.250. The summed E-state index contributed by atoms with van der Waals surface area (Å²) in [6.45, 7) is 9.03. The van der Waals surface area contributed by atoms with Crippen molar-refractivity contribution in [3.8, 4) is 0 Å². The van der Waals surface area contributed by atoms with Crippen LogP contribution in [0.4, 0.5) is 0 Å². The van der Waals surface area contributed by atoms with Crippen molar-refractivity contribution in [3.63, 3.8) is 0 Å². The molecule has 0 aliphatic carbocycles. The number of likely N-dealkylation sites (tertiary alicyclic amines) is 1. The van der Waals surface area contributed by atoms with E-state index in [0.717, 1.165) is 25.9 Å². The number of amides is 1. The standard InChI is InChI=1S/C8H12INO2S.C2H6/c1-2-8(11)10-5-3-7(4-6-10)12-13-9;1-2/h2,7H,1,3-6H2;1-2H3. The lowest BCUT2D eigenvalue weighted by molar-refractivity contribution is -0.127. The van der Waals surface area contributed by atoms with Crippen LogP contribution in [0.3, 0.4) is 0 Å². The van der Waals surface area contributed by atoms with E-state index < -0.39 is 0 Å². The highest BCUT2D eigenvalue weighted by molar-refractivity contribution is 14.2. The smallest absolute Gasteiger partial charge is 0.245 e. The molecule has 1 aliphatic heterocycles. The quantitative estimate of drug-likeness (QED) is 0.448. The Morgan fingerprint density at radius 2 is 2.07 bits per heavy atom. The number of halogens is 1. The van der Waals surface area contributed by atoms with Crippen molar-refractivity contribution in [2.24, 2.45) is 0 Å². The summed E-state index contributed by atoms with van der Waals surface area (Å²) in [5.74, 6) is 0.0283. The van der Waals surface area contributed by atoms with Gasteiger partial charge in [0.2, 0.25) is 5.91 Å². The Labute approximate surface area is 108 Å². The zero-order chi connectivity index (χ0) is 11.7. The minimum absolute atomic E-state index is 0.0283. The summed E-state index contributed by atoms with van der Waals surface area (Å²) in [4.78, 5) is 13.0. The molecule has 3 nitrogen and oxygen atoms in total. The van der Waals surface area contributed by atoms with Gasteiger partial charge in [0.25, 0.3) is 0 Å². The maximum Gasteiger partial charge on any atom is 0.245 e. The maximum atomic E-state index is 11.2. The highest BCUT2D eigenvalue weighted by Gasteiger charge is 2.21. The minimum Gasteiger partial charge on any atom is -0.339 e. The Bertz CT molecular complexity index is 194. The van der Waals surface area contributed by atoms with Gasteiger partial charge in [-0.2, -0.15) is 0 Å². The first kappa shape index (κ1) is 15.2. The Kier molecular flexibility index (Phi) is 9.63. The molecule has 0 aromatic heterocycles. The zero-order valence-corrected chi connectivity index (χ0v) is 12.2. The number of piperidine rings is 1. The lowest BCUT2D eigenvalue weighted by atomic mass is 10.1. The molecule has 1 rings (SSSR count). The van der Waals surface area contributed by atoms with Gasteiger partial charge in [0.05, 0.1) is 15.3 Å². The summed E-state index contributed by atoms with van der Waals surface area (Å²) < 4.78 is 5.38. The van der Waals surface area contributed by atoms with E-state index in [1.807, 2.05) is 18.7 Å². The molecule has 0 aromatic carbocycles. The molecule has 0 saturated carbocycles. The maximum absolute atomic E-state index is 11.2. The van der Waals surface area contributed by atoms with E-state index in [1.54, 1.807) is 0 Å². The lowest BCUT2D eigenvalue weighted by Gasteiger charge is -2.30. The Morgan fingerprint density at radius 3 is 2.47 bits per heavy atom. The van der Waals surface area contributed by atoms with Crippen LogP contribution in [0.2, 0.25) is 0 Å². The average molecular weight is 343 g/mol. The van der Waals surface area contributed by atoms with Gasteiger partial charge in [-0.3, -0.25) is 4.79 Å². The number of carbonyl (C=O) groups excluding carboxylic acids is 1. The van der Waals surface area contributed by atoms with Gasteiger partial charge in [0.1, 0.15) is 0 Å². The number of nitrogens with zero attached hydrogens (tertiary/aromatic N) is 1. The van der Waals surface area contributed by atoms with Gasteiger partial charge in [-0.15, -0.1) is 0 Å². The molecule has 1 saturated heterocycles. The number of hydrogen-bond acceptors (Lipinski definition) is 3. The van der Waals surface area contributed by atoms with Crippen LogP contribution in [0, 0.1) is 0 Å². The average Bonchev–Trinajstić information content (AvgIpc) is 2.32. The fourth-order valence-corrected chi connectivity index (χ4v) is 2.53. The summed E-state index contributed by atoms with van der Waals surface area (Å²) in [5.41, 5.74) is 0. The van der Waals surface area contributed by atoms with Gasteiger partial charge >= 0.3 is 0 Å².